The Kier molecular flexibility index (Phi) is 4.64. The Balaban J connectivity index is 2.59. The van der Waals surface area contributed by atoms with Gasteiger partial charge in [-0.2, -0.15) is 5.10 Å². The second-order valence-corrected chi connectivity index (χ2v) is 6.62. The molecule has 1 N–H and O–H groups in total. The van der Waals surface area contributed by atoms with E-state index < -0.39 is 11.5 Å². The monoisotopic (exact) mass is 332 g/mol. The fraction of sp³-hybridized carbons (Fsp3) is 0.529. The van der Waals surface area contributed by atoms with Crippen LogP contribution in [-0.2, 0) is 4.79 Å². The predicted molar refractivity (Wildman–Crippen MR) is 91.1 cm³/mol. The van der Waals surface area contributed by atoms with Gasteiger partial charge in [0.2, 0.25) is 0 Å². The molecule has 2 aromatic heterocycles. The number of nitrogens with zero attached hydrogens (tertiary/aromatic N) is 4. The van der Waals surface area contributed by atoms with Gasteiger partial charge in [-0.3, -0.25) is 4.79 Å². The molecule has 1 atom stereocenters. The van der Waals surface area contributed by atoms with Gasteiger partial charge in [-0.1, -0.05) is 6.92 Å². The number of fused-ring (bicyclic) bond motifs is 1. The van der Waals surface area contributed by atoms with Crippen LogP contribution in [0.3, 0.4) is 0 Å². The van der Waals surface area contributed by atoms with Crippen LogP contribution in [0.5, 0.6) is 0 Å². The Morgan fingerprint density at radius 3 is 2.58 bits per heavy atom. The Labute approximate surface area is 141 Å². The van der Waals surface area contributed by atoms with E-state index >= 15 is 0 Å². The molecule has 7 nitrogen and oxygen atoms in total. The topological polar surface area (TPSA) is 88.3 Å². The fourth-order valence-corrected chi connectivity index (χ4v) is 2.39. The first-order chi connectivity index (χ1) is 11.1. The Morgan fingerprint density at radius 2 is 2.04 bits per heavy atom. The number of amides is 1. The molecule has 1 unspecified atom stereocenters. The van der Waals surface area contributed by atoms with E-state index in [9.17, 15) is 14.7 Å². The molecule has 2 rings (SSSR count). The SMILES string of the molecule is CCC(C)n1ncc2c(C(=O)N(C)C(C)(C)C(=O)O)cc(C)nc21. The van der Waals surface area contributed by atoms with Crippen LogP contribution in [0.1, 0.15) is 56.2 Å². The molecule has 130 valence electrons. The number of carbonyl (C=O) groups is 2. The maximum Gasteiger partial charge on any atom is 0.329 e. The number of aromatic nitrogens is 3. The molecule has 0 aliphatic carbocycles. The van der Waals surface area contributed by atoms with Gasteiger partial charge in [0.1, 0.15) is 5.54 Å². The third-order valence-corrected chi connectivity index (χ3v) is 4.60. The number of carboxylic acids is 1. The molecule has 1 amide bonds. The second kappa shape index (κ2) is 6.22. The van der Waals surface area contributed by atoms with Crippen molar-refractivity contribution in [1.82, 2.24) is 19.7 Å². The molecule has 0 saturated carbocycles. The highest BCUT2D eigenvalue weighted by atomic mass is 16.4. The van der Waals surface area contributed by atoms with E-state index in [4.69, 9.17) is 0 Å². The summed E-state index contributed by atoms with van der Waals surface area (Å²) in [6.45, 7) is 8.91. The number of aliphatic carboxylic acids is 1. The summed E-state index contributed by atoms with van der Waals surface area (Å²) in [4.78, 5) is 30.1. The Morgan fingerprint density at radius 1 is 1.42 bits per heavy atom. The fourth-order valence-electron chi connectivity index (χ4n) is 2.39. The van der Waals surface area contributed by atoms with Crippen molar-refractivity contribution in [2.75, 3.05) is 7.05 Å². The summed E-state index contributed by atoms with van der Waals surface area (Å²) in [5.74, 6) is -1.42. The van der Waals surface area contributed by atoms with Crippen molar-refractivity contribution in [2.24, 2.45) is 0 Å². The first kappa shape index (κ1) is 17.9. The Hall–Kier alpha value is -2.44. The lowest BCUT2D eigenvalue weighted by atomic mass is 10.0. The van der Waals surface area contributed by atoms with Crippen LogP contribution in [0.4, 0.5) is 0 Å². The summed E-state index contributed by atoms with van der Waals surface area (Å²) >= 11 is 0. The summed E-state index contributed by atoms with van der Waals surface area (Å²) < 4.78 is 1.81. The third-order valence-electron chi connectivity index (χ3n) is 4.60. The quantitative estimate of drug-likeness (QED) is 0.909. The zero-order valence-corrected chi connectivity index (χ0v) is 15.0. The molecule has 0 aliphatic rings. The van der Waals surface area contributed by atoms with E-state index in [1.807, 2.05) is 13.8 Å². The van der Waals surface area contributed by atoms with Crippen molar-refractivity contribution in [3.63, 3.8) is 0 Å². The molecule has 0 fully saturated rings. The normalized spacial score (nSPS) is 13.1. The second-order valence-electron chi connectivity index (χ2n) is 6.62. The summed E-state index contributed by atoms with van der Waals surface area (Å²) in [6.07, 6.45) is 2.52. The van der Waals surface area contributed by atoms with E-state index in [0.717, 1.165) is 6.42 Å². The van der Waals surface area contributed by atoms with Crippen molar-refractivity contribution in [3.8, 4) is 0 Å². The largest absolute Gasteiger partial charge is 0.480 e. The molecule has 0 aromatic carbocycles. The number of carboxylic acid groups (broad SMARTS) is 1. The maximum atomic E-state index is 12.9. The molecule has 0 aliphatic heterocycles. The molecule has 2 aromatic rings. The number of carbonyl (C=O) groups excluding carboxylic acids is 1. The van der Waals surface area contributed by atoms with Gasteiger partial charge in [-0.15, -0.1) is 0 Å². The van der Waals surface area contributed by atoms with Gasteiger partial charge >= 0.3 is 5.97 Å². The van der Waals surface area contributed by atoms with Gasteiger partial charge < -0.3 is 10.0 Å². The summed E-state index contributed by atoms with van der Waals surface area (Å²) in [5.41, 5.74) is 0.448. The summed E-state index contributed by atoms with van der Waals surface area (Å²) in [6, 6.07) is 1.84. The zero-order chi connectivity index (χ0) is 18.2. The van der Waals surface area contributed by atoms with Crippen LogP contribution in [-0.4, -0.2) is 49.2 Å². The highest BCUT2D eigenvalue weighted by Gasteiger charge is 2.36. The first-order valence-electron chi connectivity index (χ1n) is 7.97. The number of hydrogen-bond donors (Lipinski definition) is 1. The molecule has 2 heterocycles. The van der Waals surface area contributed by atoms with Crippen molar-refractivity contribution >= 4 is 22.9 Å². The summed E-state index contributed by atoms with van der Waals surface area (Å²) in [5, 5.41) is 14.4. The van der Waals surface area contributed by atoms with Gasteiger partial charge in [0, 0.05) is 12.7 Å². The van der Waals surface area contributed by atoms with E-state index in [0.29, 0.717) is 22.3 Å². The van der Waals surface area contributed by atoms with Gasteiger partial charge in [0.05, 0.1) is 23.2 Å². The molecule has 0 saturated heterocycles. The third kappa shape index (κ3) is 2.86. The lowest BCUT2D eigenvalue weighted by molar-refractivity contribution is -0.147. The molecule has 24 heavy (non-hydrogen) atoms. The molecule has 0 bridgehead atoms. The minimum atomic E-state index is -1.31. The van der Waals surface area contributed by atoms with Crippen molar-refractivity contribution in [1.29, 1.82) is 0 Å². The summed E-state index contributed by atoms with van der Waals surface area (Å²) in [7, 11) is 1.50. The van der Waals surface area contributed by atoms with E-state index in [1.165, 1.54) is 25.8 Å². The molecule has 0 radical (unpaired) electrons. The number of rotatable bonds is 5. The molecular weight excluding hydrogens is 308 g/mol. The lowest BCUT2D eigenvalue weighted by Crippen LogP contribution is -2.50. The Bertz CT molecular complexity index is 794. The van der Waals surface area contributed by atoms with Crippen LogP contribution < -0.4 is 0 Å². The molecular formula is C17H24N4O3. The predicted octanol–water partition coefficient (Wildman–Crippen LogP) is 2.65. The van der Waals surface area contributed by atoms with Crippen molar-refractivity contribution in [3.05, 3.63) is 23.5 Å². The van der Waals surface area contributed by atoms with Gasteiger partial charge in [-0.05, 0) is 40.2 Å². The van der Waals surface area contributed by atoms with Crippen LogP contribution >= 0.6 is 0 Å². The average molecular weight is 332 g/mol. The van der Waals surface area contributed by atoms with Gasteiger partial charge in [0.25, 0.3) is 5.91 Å². The van der Waals surface area contributed by atoms with Crippen molar-refractivity contribution in [2.45, 2.75) is 52.6 Å². The first-order valence-corrected chi connectivity index (χ1v) is 7.97. The van der Waals surface area contributed by atoms with E-state index in [-0.39, 0.29) is 11.9 Å². The zero-order valence-electron chi connectivity index (χ0n) is 15.0. The van der Waals surface area contributed by atoms with Crippen molar-refractivity contribution < 1.29 is 14.7 Å². The van der Waals surface area contributed by atoms with Gasteiger partial charge in [0.15, 0.2) is 5.65 Å². The van der Waals surface area contributed by atoms with Crippen LogP contribution in [0.2, 0.25) is 0 Å². The number of likely N-dealkylation sites (N-methyl/N-ethyl adjacent to an activating group) is 1. The van der Waals surface area contributed by atoms with Crippen LogP contribution in [0, 0.1) is 6.92 Å². The molecule has 0 spiro atoms. The van der Waals surface area contributed by atoms with Gasteiger partial charge in [-0.25, -0.2) is 14.5 Å². The average Bonchev–Trinajstić information content (AvgIpc) is 2.95. The molecule has 7 heteroatoms. The lowest BCUT2D eigenvalue weighted by Gasteiger charge is -2.31. The number of hydrogen-bond acceptors (Lipinski definition) is 4. The highest BCUT2D eigenvalue weighted by molar-refractivity contribution is 6.06. The highest BCUT2D eigenvalue weighted by Crippen LogP contribution is 2.25. The number of aryl methyl sites for hydroxylation is 1. The number of pyridine rings is 1. The van der Waals surface area contributed by atoms with Crippen LogP contribution in [0.15, 0.2) is 12.3 Å². The van der Waals surface area contributed by atoms with E-state index in [1.54, 1.807) is 16.9 Å². The standard InChI is InChI=1S/C17H24N4O3/c1-7-11(3)21-14-13(9-18-21)12(8-10(2)19-14)15(22)20(6)17(4,5)16(23)24/h8-9,11H,7H2,1-6H3,(H,23,24). The van der Waals surface area contributed by atoms with Crippen LogP contribution in [0.25, 0.3) is 11.0 Å². The van der Waals surface area contributed by atoms with E-state index in [2.05, 4.69) is 17.0 Å². The minimum Gasteiger partial charge on any atom is -0.480 e. The maximum absolute atomic E-state index is 12.9. The smallest absolute Gasteiger partial charge is 0.329 e. The minimum absolute atomic E-state index is 0.160.